The Balaban J connectivity index is 1.31. The standard InChI is InChI=1S/C29H35N3O4S/c1-30-14-12-22-20-28(36-3)29(21-23(22)13-15-30)37(33,34)27-10-6-25(7-11-27)32-18-16-31(17-19-32)24-4-8-26(35-2)9-5-24/h4-11,20-21H,12-19H2,1-3H3. The smallest absolute Gasteiger partial charge is 0.210 e. The van der Waals surface area contributed by atoms with Gasteiger partial charge in [0.2, 0.25) is 9.84 Å². The van der Waals surface area contributed by atoms with Crippen molar-refractivity contribution in [1.82, 2.24) is 4.90 Å². The fraction of sp³-hybridized carbons (Fsp3) is 0.379. The molecule has 0 N–H and O–H groups in total. The number of piperazine rings is 1. The van der Waals surface area contributed by atoms with E-state index in [0.29, 0.717) is 5.75 Å². The molecule has 2 aliphatic rings. The van der Waals surface area contributed by atoms with Crippen LogP contribution in [-0.4, -0.2) is 73.9 Å². The van der Waals surface area contributed by atoms with Crippen LogP contribution >= 0.6 is 0 Å². The molecule has 196 valence electrons. The van der Waals surface area contributed by atoms with Crippen molar-refractivity contribution in [2.24, 2.45) is 0 Å². The van der Waals surface area contributed by atoms with Gasteiger partial charge in [0.15, 0.2) is 0 Å². The number of hydrogen-bond acceptors (Lipinski definition) is 7. The average molecular weight is 522 g/mol. The monoisotopic (exact) mass is 521 g/mol. The largest absolute Gasteiger partial charge is 0.497 e. The number of sulfone groups is 1. The van der Waals surface area contributed by atoms with Crippen molar-refractivity contribution in [3.63, 3.8) is 0 Å². The third-order valence-corrected chi connectivity index (χ3v) is 9.32. The summed E-state index contributed by atoms with van der Waals surface area (Å²) < 4.78 is 38.1. The van der Waals surface area contributed by atoms with Crippen LogP contribution < -0.4 is 19.3 Å². The molecule has 3 aromatic rings. The molecule has 1 saturated heterocycles. The van der Waals surface area contributed by atoms with E-state index in [1.54, 1.807) is 19.2 Å². The summed E-state index contributed by atoms with van der Waals surface area (Å²) in [5.41, 5.74) is 4.48. The van der Waals surface area contributed by atoms with Crippen molar-refractivity contribution in [3.05, 3.63) is 71.8 Å². The summed E-state index contributed by atoms with van der Waals surface area (Å²) in [4.78, 5) is 7.47. The maximum absolute atomic E-state index is 13.7. The minimum Gasteiger partial charge on any atom is -0.497 e. The number of nitrogens with zero attached hydrogens (tertiary/aromatic N) is 3. The molecule has 5 rings (SSSR count). The molecule has 0 spiro atoms. The van der Waals surface area contributed by atoms with E-state index < -0.39 is 9.84 Å². The summed E-state index contributed by atoms with van der Waals surface area (Å²) in [6, 6.07) is 19.2. The Morgan fingerprint density at radius 3 is 1.70 bits per heavy atom. The highest BCUT2D eigenvalue weighted by Crippen LogP contribution is 2.34. The number of likely N-dealkylation sites (N-methyl/N-ethyl adjacent to an activating group) is 1. The molecule has 2 heterocycles. The van der Waals surface area contributed by atoms with Crippen LogP contribution in [0, 0.1) is 0 Å². The Labute approximate surface area is 220 Å². The van der Waals surface area contributed by atoms with Crippen LogP contribution in [0.5, 0.6) is 11.5 Å². The van der Waals surface area contributed by atoms with Gasteiger partial charge in [0, 0.05) is 50.6 Å². The van der Waals surface area contributed by atoms with Gasteiger partial charge in [-0.1, -0.05) is 0 Å². The van der Waals surface area contributed by atoms with Gasteiger partial charge in [0.1, 0.15) is 16.4 Å². The first kappa shape index (κ1) is 25.4. The fourth-order valence-electron chi connectivity index (χ4n) is 5.19. The van der Waals surface area contributed by atoms with E-state index in [2.05, 4.69) is 33.9 Å². The molecule has 2 aliphatic heterocycles. The molecule has 0 aromatic heterocycles. The predicted molar refractivity (Wildman–Crippen MR) is 147 cm³/mol. The summed E-state index contributed by atoms with van der Waals surface area (Å²) in [7, 11) is 1.60. The average Bonchev–Trinajstić information content (AvgIpc) is 3.13. The highest BCUT2D eigenvalue weighted by molar-refractivity contribution is 7.91. The molecule has 1 fully saturated rings. The molecule has 0 atom stereocenters. The number of fused-ring (bicyclic) bond motifs is 1. The van der Waals surface area contributed by atoms with E-state index in [1.165, 1.54) is 18.4 Å². The van der Waals surface area contributed by atoms with E-state index in [9.17, 15) is 8.42 Å². The lowest BCUT2D eigenvalue weighted by atomic mass is 10.0. The first-order valence-corrected chi connectivity index (χ1v) is 14.2. The fourth-order valence-corrected chi connectivity index (χ4v) is 6.65. The maximum Gasteiger partial charge on any atom is 0.210 e. The van der Waals surface area contributed by atoms with Gasteiger partial charge in [0.05, 0.1) is 19.1 Å². The van der Waals surface area contributed by atoms with E-state index in [-0.39, 0.29) is 9.79 Å². The summed E-state index contributed by atoms with van der Waals surface area (Å²) in [5.74, 6) is 1.27. The molecule has 0 amide bonds. The summed E-state index contributed by atoms with van der Waals surface area (Å²) in [5, 5.41) is 0. The second-order valence-electron chi connectivity index (χ2n) is 9.74. The minimum absolute atomic E-state index is 0.249. The van der Waals surface area contributed by atoms with Crippen LogP contribution in [0.25, 0.3) is 0 Å². The molecular formula is C29H35N3O4S. The second kappa shape index (κ2) is 10.6. The van der Waals surface area contributed by atoms with Gasteiger partial charge in [0.25, 0.3) is 0 Å². The first-order chi connectivity index (χ1) is 17.9. The molecular weight excluding hydrogens is 486 g/mol. The van der Waals surface area contributed by atoms with Gasteiger partial charge in [-0.05, 0) is 91.7 Å². The van der Waals surface area contributed by atoms with Crippen molar-refractivity contribution in [1.29, 1.82) is 0 Å². The van der Waals surface area contributed by atoms with Gasteiger partial charge in [-0.15, -0.1) is 0 Å². The van der Waals surface area contributed by atoms with Crippen LogP contribution in [-0.2, 0) is 22.7 Å². The number of methoxy groups -OCH3 is 2. The number of benzene rings is 3. The Morgan fingerprint density at radius 2 is 1.19 bits per heavy atom. The van der Waals surface area contributed by atoms with Gasteiger partial charge in [-0.2, -0.15) is 0 Å². The lowest BCUT2D eigenvalue weighted by Gasteiger charge is -2.37. The SMILES string of the molecule is COc1ccc(N2CCN(c3ccc(S(=O)(=O)c4cc5c(cc4OC)CCN(C)CC5)cc3)CC2)cc1. The molecule has 37 heavy (non-hydrogen) atoms. The van der Waals surface area contributed by atoms with Gasteiger partial charge < -0.3 is 24.2 Å². The van der Waals surface area contributed by atoms with Crippen LogP contribution in [0.15, 0.2) is 70.5 Å². The number of hydrogen-bond donors (Lipinski definition) is 0. The van der Waals surface area contributed by atoms with E-state index in [1.807, 2.05) is 36.4 Å². The highest BCUT2D eigenvalue weighted by Gasteiger charge is 2.26. The summed E-state index contributed by atoms with van der Waals surface area (Å²) in [6.45, 7) is 5.40. The molecule has 0 aliphatic carbocycles. The van der Waals surface area contributed by atoms with Crippen LogP contribution in [0.4, 0.5) is 11.4 Å². The topological polar surface area (TPSA) is 62.3 Å². The quantitative estimate of drug-likeness (QED) is 0.488. The van der Waals surface area contributed by atoms with E-state index in [4.69, 9.17) is 9.47 Å². The third-order valence-electron chi connectivity index (χ3n) is 7.53. The van der Waals surface area contributed by atoms with E-state index >= 15 is 0 Å². The molecule has 8 heteroatoms. The summed E-state index contributed by atoms with van der Waals surface area (Å²) >= 11 is 0. The lowest BCUT2D eigenvalue weighted by molar-refractivity contribution is 0.352. The lowest BCUT2D eigenvalue weighted by Crippen LogP contribution is -2.46. The number of rotatable bonds is 6. The van der Waals surface area contributed by atoms with E-state index in [0.717, 1.165) is 69.1 Å². The van der Waals surface area contributed by atoms with Gasteiger partial charge in [-0.25, -0.2) is 8.42 Å². The van der Waals surface area contributed by atoms with Crippen LogP contribution in [0.1, 0.15) is 11.1 Å². The van der Waals surface area contributed by atoms with Crippen LogP contribution in [0.3, 0.4) is 0 Å². The normalized spacial score (nSPS) is 16.7. The minimum atomic E-state index is -3.71. The summed E-state index contributed by atoms with van der Waals surface area (Å²) in [6.07, 6.45) is 1.72. The van der Waals surface area contributed by atoms with Gasteiger partial charge >= 0.3 is 0 Å². The molecule has 0 saturated carbocycles. The zero-order chi connectivity index (χ0) is 26.0. The van der Waals surface area contributed by atoms with Crippen molar-refractivity contribution < 1.29 is 17.9 Å². The maximum atomic E-state index is 13.7. The second-order valence-corrected chi connectivity index (χ2v) is 11.7. The van der Waals surface area contributed by atoms with Gasteiger partial charge in [-0.3, -0.25) is 0 Å². The predicted octanol–water partition coefficient (Wildman–Crippen LogP) is 3.89. The molecule has 0 bridgehead atoms. The zero-order valence-electron chi connectivity index (χ0n) is 21.8. The zero-order valence-corrected chi connectivity index (χ0v) is 22.6. The molecule has 0 radical (unpaired) electrons. The van der Waals surface area contributed by atoms with Crippen molar-refractivity contribution >= 4 is 21.2 Å². The Bertz CT molecular complexity index is 1330. The Morgan fingerprint density at radius 1 is 0.676 bits per heavy atom. The first-order valence-electron chi connectivity index (χ1n) is 12.8. The van der Waals surface area contributed by atoms with Crippen molar-refractivity contribution in [2.75, 3.05) is 70.3 Å². The number of anilines is 2. The highest BCUT2D eigenvalue weighted by atomic mass is 32.2. The van der Waals surface area contributed by atoms with Crippen molar-refractivity contribution in [3.8, 4) is 11.5 Å². The molecule has 0 unspecified atom stereocenters. The molecule has 7 nitrogen and oxygen atoms in total. The van der Waals surface area contributed by atoms with Crippen molar-refractivity contribution in [2.45, 2.75) is 22.6 Å². The Kier molecular flexibility index (Phi) is 7.31. The Hall–Kier alpha value is -3.23. The number of ether oxygens (including phenoxy) is 2. The molecule has 3 aromatic carbocycles. The third kappa shape index (κ3) is 5.26. The van der Waals surface area contributed by atoms with Crippen LogP contribution in [0.2, 0.25) is 0 Å².